The van der Waals surface area contributed by atoms with E-state index in [0.29, 0.717) is 0 Å². The molecule has 2 aliphatic rings. The molecule has 238 valence electrons. The van der Waals surface area contributed by atoms with Crippen LogP contribution in [0.1, 0.15) is 29.2 Å². The van der Waals surface area contributed by atoms with Crippen molar-refractivity contribution in [3.8, 4) is 5.75 Å². The fourth-order valence-electron chi connectivity index (χ4n) is 6.52. The van der Waals surface area contributed by atoms with Crippen LogP contribution in [0.4, 0.5) is 4.79 Å². The van der Waals surface area contributed by atoms with E-state index < -0.39 is 24.3 Å². The second-order valence-corrected chi connectivity index (χ2v) is 11.5. The highest BCUT2D eigenvalue weighted by Crippen LogP contribution is 2.36. The molecule has 0 bridgehead atoms. The summed E-state index contributed by atoms with van der Waals surface area (Å²) in [5.41, 5.74) is 3.18. The summed E-state index contributed by atoms with van der Waals surface area (Å²) in [6.45, 7) is 4.05. The van der Waals surface area contributed by atoms with Gasteiger partial charge in [-0.3, -0.25) is 14.7 Å². The van der Waals surface area contributed by atoms with Gasteiger partial charge in [0.1, 0.15) is 18.0 Å². The first-order valence-electron chi connectivity index (χ1n) is 15.3. The number of benzene rings is 3. The first-order valence-corrected chi connectivity index (χ1v) is 15.3. The molecule has 3 unspecified atom stereocenters. The number of H-pyrrole nitrogens is 1. The van der Waals surface area contributed by atoms with Crippen LogP contribution in [0, 0.1) is 0 Å². The van der Waals surface area contributed by atoms with E-state index in [0.717, 1.165) is 27.6 Å². The Labute approximate surface area is 266 Å². The van der Waals surface area contributed by atoms with Crippen molar-refractivity contribution < 1.29 is 24.6 Å². The third-order valence-corrected chi connectivity index (χ3v) is 8.62. The van der Waals surface area contributed by atoms with Gasteiger partial charge in [0.05, 0.1) is 30.8 Å². The Morgan fingerprint density at radius 3 is 2.59 bits per heavy atom. The van der Waals surface area contributed by atoms with E-state index in [9.17, 15) is 24.6 Å². The maximum atomic E-state index is 14.6. The lowest BCUT2D eigenvalue weighted by Crippen LogP contribution is -2.76. The fourth-order valence-corrected chi connectivity index (χ4v) is 6.52. The minimum atomic E-state index is -0.951. The van der Waals surface area contributed by atoms with Crippen LogP contribution in [-0.2, 0) is 22.6 Å². The molecule has 3 atom stereocenters. The maximum absolute atomic E-state index is 14.6. The zero-order chi connectivity index (χ0) is 32.2. The molecular formula is C34H37N7O5. The van der Waals surface area contributed by atoms with Crippen LogP contribution in [0.15, 0.2) is 91.6 Å². The van der Waals surface area contributed by atoms with Gasteiger partial charge in [-0.2, -0.15) is 5.10 Å². The van der Waals surface area contributed by atoms with Gasteiger partial charge in [-0.25, -0.2) is 14.8 Å². The highest BCUT2D eigenvalue weighted by atomic mass is 16.3. The number of rotatable bonds is 10. The zero-order valence-electron chi connectivity index (χ0n) is 25.3. The van der Waals surface area contributed by atoms with Gasteiger partial charge in [0.15, 0.2) is 0 Å². The second-order valence-electron chi connectivity index (χ2n) is 11.5. The van der Waals surface area contributed by atoms with Crippen molar-refractivity contribution in [1.82, 2.24) is 35.3 Å². The van der Waals surface area contributed by atoms with Crippen LogP contribution in [0.3, 0.4) is 0 Å². The molecule has 2 aliphatic heterocycles. The highest BCUT2D eigenvalue weighted by Gasteiger charge is 2.52. The smallest absolute Gasteiger partial charge is 0.334 e. The number of nitrogens with one attached hydrogen (secondary N) is 2. The van der Waals surface area contributed by atoms with E-state index in [-0.39, 0.29) is 63.2 Å². The zero-order valence-corrected chi connectivity index (χ0v) is 25.3. The number of nitrogens with zero attached hydrogens (tertiary/aromatic N) is 5. The van der Waals surface area contributed by atoms with Crippen molar-refractivity contribution in [3.05, 3.63) is 108 Å². The average molecular weight is 624 g/mol. The van der Waals surface area contributed by atoms with E-state index in [1.807, 2.05) is 48.5 Å². The number of urea groups is 1. The molecule has 4 amide bonds. The van der Waals surface area contributed by atoms with Crippen molar-refractivity contribution in [2.24, 2.45) is 0 Å². The van der Waals surface area contributed by atoms with Crippen LogP contribution in [0.5, 0.6) is 5.75 Å². The molecule has 46 heavy (non-hydrogen) atoms. The number of amides is 4. The van der Waals surface area contributed by atoms with Crippen LogP contribution in [-0.4, -0.2) is 96.5 Å². The summed E-state index contributed by atoms with van der Waals surface area (Å²) in [6.07, 6.45) is 2.88. The number of carbonyl (C=O) groups is 3. The number of para-hydroxylation sites is 1. The van der Waals surface area contributed by atoms with Crippen LogP contribution in [0.2, 0.25) is 0 Å². The van der Waals surface area contributed by atoms with Crippen LogP contribution >= 0.6 is 0 Å². The molecule has 2 saturated heterocycles. The van der Waals surface area contributed by atoms with Gasteiger partial charge >= 0.3 is 6.03 Å². The summed E-state index contributed by atoms with van der Waals surface area (Å²) in [6, 6.07) is 19.8. The number of hydrogen-bond donors (Lipinski definition) is 4. The molecule has 1 aromatic heterocycles. The van der Waals surface area contributed by atoms with Crippen molar-refractivity contribution in [3.63, 3.8) is 0 Å². The highest BCUT2D eigenvalue weighted by molar-refractivity contribution is 5.92. The molecule has 0 radical (unpaired) electrons. The Bertz CT molecular complexity index is 1710. The number of hydrogen-bond acceptors (Lipinski definition) is 7. The first-order chi connectivity index (χ1) is 22.4. The summed E-state index contributed by atoms with van der Waals surface area (Å²) in [7, 11) is 0. The number of aliphatic hydroxyl groups is 1. The molecule has 12 heteroatoms. The molecule has 3 heterocycles. The number of fused-ring (bicyclic) bond motifs is 2. The normalized spacial score (nSPS) is 19.3. The van der Waals surface area contributed by atoms with E-state index in [2.05, 4.69) is 22.1 Å². The summed E-state index contributed by atoms with van der Waals surface area (Å²) >= 11 is 0. The van der Waals surface area contributed by atoms with E-state index in [4.69, 9.17) is 0 Å². The van der Waals surface area contributed by atoms with Crippen molar-refractivity contribution in [2.45, 2.75) is 37.6 Å². The quantitative estimate of drug-likeness (QED) is 0.199. The van der Waals surface area contributed by atoms with E-state index in [1.54, 1.807) is 46.4 Å². The minimum Gasteiger partial charge on any atom is -0.508 e. The first kappa shape index (κ1) is 30.8. The van der Waals surface area contributed by atoms with Gasteiger partial charge in [-0.15, -0.1) is 6.58 Å². The van der Waals surface area contributed by atoms with Gasteiger partial charge < -0.3 is 25.3 Å². The molecular weight excluding hydrogens is 586 g/mol. The topological polar surface area (TPSA) is 145 Å². The monoisotopic (exact) mass is 623 g/mol. The second kappa shape index (κ2) is 13.4. The SMILES string of the molecule is C=CCN1CC(=O)N2C(Cc3ccc(O)cc3)C(=O)N(C(CCO)c3cccc4cn[nH]c34)CC2N1C(=O)NCc1ccccc1. The molecule has 12 nitrogen and oxygen atoms in total. The van der Waals surface area contributed by atoms with Gasteiger partial charge in [0.25, 0.3) is 0 Å². The predicted octanol–water partition coefficient (Wildman–Crippen LogP) is 2.93. The molecule has 3 aromatic carbocycles. The lowest BCUT2D eigenvalue weighted by atomic mass is 9.94. The molecule has 0 aliphatic carbocycles. The lowest BCUT2D eigenvalue weighted by Gasteiger charge is -2.56. The van der Waals surface area contributed by atoms with Crippen molar-refractivity contribution in [1.29, 1.82) is 0 Å². The summed E-state index contributed by atoms with van der Waals surface area (Å²) < 4.78 is 0. The van der Waals surface area contributed by atoms with Crippen molar-refractivity contribution >= 4 is 28.7 Å². The molecule has 4 aromatic rings. The standard InChI is InChI=1S/C34H37N7O5/c1-2-16-38-22-31(44)40-29(18-23-11-13-26(43)14-12-23)33(45)39(28(15-17-42)27-10-6-9-25-20-36-37-32(25)27)21-30(40)41(38)34(46)35-19-24-7-4-3-5-8-24/h2-14,20,28-30,42-43H,1,15-19,21-22H2,(H,35,46)(H,36,37). The minimum absolute atomic E-state index is 0.0121. The number of carbonyl (C=O) groups excluding carboxylic acids is 3. The lowest BCUT2D eigenvalue weighted by molar-refractivity contribution is -0.191. The molecule has 0 saturated carbocycles. The Morgan fingerprint density at radius 1 is 1.07 bits per heavy atom. The number of aromatic nitrogens is 2. The summed E-state index contributed by atoms with van der Waals surface area (Å²) in [4.78, 5) is 45.7. The third-order valence-electron chi connectivity index (χ3n) is 8.62. The molecule has 4 N–H and O–H groups in total. The van der Waals surface area contributed by atoms with Gasteiger partial charge in [-0.05, 0) is 29.7 Å². The van der Waals surface area contributed by atoms with Crippen molar-refractivity contribution in [2.75, 3.05) is 26.2 Å². The van der Waals surface area contributed by atoms with Gasteiger partial charge in [0.2, 0.25) is 11.8 Å². The molecule has 0 spiro atoms. The maximum Gasteiger partial charge on any atom is 0.334 e. The predicted molar refractivity (Wildman–Crippen MR) is 171 cm³/mol. The number of phenols is 1. The number of piperazine rings is 1. The Balaban J connectivity index is 1.42. The third kappa shape index (κ3) is 6.04. The van der Waals surface area contributed by atoms with Crippen LogP contribution < -0.4 is 5.32 Å². The Morgan fingerprint density at radius 2 is 1.85 bits per heavy atom. The Hall–Kier alpha value is -5.20. The number of aromatic amines is 1. The van der Waals surface area contributed by atoms with Crippen LogP contribution in [0.25, 0.3) is 10.9 Å². The number of phenolic OH excluding ortho intramolecular Hbond substituents is 1. The van der Waals surface area contributed by atoms with Gasteiger partial charge in [-0.1, -0.05) is 66.7 Å². The van der Waals surface area contributed by atoms with E-state index in [1.165, 1.54) is 9.91 Å². The number of aliphatic hydroxyl groups excluding tert-OH is 1. The largest absolute Gasteiger partial charge is 0.508 e. The Kier molecular flexibility index (Phi) is 8.99. The molecule has 6 rings (SSSR count). The summed E-state index contributed by atoms with van der Waals surface area (Å²) in [5.74, 6) is -0.496. The summed E-state index contributed by atoms with van der Waals surface area (Å²) in [5, 5.41) is 34.4. The molecule has 2 fully saturated rings. The van der Waals surface area contributed by atoms with E-state index >= 15 is 0 Å². The number of hydrazine groups is 1. The number of aromatic hydroxyl groups is 1. The van der Waals surface area contributed by atoms with Gasteiger partial charge in [0, 0.05) is 37.1 Å². The average Bonchev–Trinajstić information content (AvgIpc) is 3.55. The fraction of sp³-hybridized carbons (Fsp3) is 0.294.